The van der Waals surface area contributed by atoms with Crippen LogP contribution in [0.1, 0.15) is 26.3 Å². The zero-order valence-electron chi connectivity index (χ0n) is 20.7. The molecule has 0 bridgehead atoms. The monoisotopic (exact) mass is 519 g/mol. The van der Waals surface area contributed by atoms with Crippen molar-refractivity contribution >= 4 is 24.4 Å². The highest BCUT2D eigenvalue weighted by molar-refractivity contribution is 5.76. The Hall–Kier alpha value is -4.32. The molecule has 12 heteroatoms. The Morgan fingerprint density at radius 1 is 0.784 bits per heavy atom. The number of esters is 1. The first kappa shape index (κ1) is 28.9. The molecule has 0 unspecified atom stereocenters. The summed E-state index contributed by atoms with van der Waals surface area (Å²) in [6.07, 6.45) is -3.76. The predicted octanol–water partition coefficient (Wildman–Crippen LogP) is 3.77. The molecular weight excluding hydrogens is 490 g/mol. The maximum atomic E-state index is 12.4. The molecule has 0 saturated carbocycles. The molecule has 0 aliphatic carbocycles. The van der Waals surface area contributed by atoms with Crippen LogP contribution in [0.5, 0.6) is 17.2 Å². The van der Waals surface area contributed by atoms with E-state index in [2.05, 4.69) is 0 Å². The van der Waals surface area contributed by atoms with Gasteiger partial charge >= 0.3 is 24.4 Å². The van der Waals surface area contributed by atoms with Crippen LogP contribution in [0.25, 0.3) is 0 Å². The minimum absolute atomic E-state index is 0.0109. The third-order valence-corrected chi connectivity index (χ3v) is 4.38. The van der Waals surface area contributed by atoms with E-state index < -0.39 is 36.6 Å². The summed E-state index contributed by atoms with van der Waals surface area (Å²) in [5.41, 5.74) is 6.42. The third-order valence-electron chi connectivity index (χ3n) is 4.38. The van der Waals surface area contributed by atoms with Crippen LogP contribution in [0.15, 0.2) is 48.5 Å². The predicted molar refractivity (Wildman–Crippen MR) is 127 cm³/mol. The van der Waals surface area contributed by atoms with Gasteiger partial charge in [0.25, 0.3) is 0 Å². The van der Waals surface area contributed by atoms with E-state index in [-0.39, 0.29) is 37.7 Å². The van der Waals surface area contributed by atoms with Gasteiger partial charge in [0.05, 0.1) is 13.2 Å². The largest absolute Gasteiger partial charge is 0.514 e. The molecule has 0 spiro atoms. The molecule has 2 aromatic rings. The van der Waals surface area contributed by atoms with Gasteiger partial charge in [-0.25, -0.2) is 14.4 Å². The van der Waals surface area contributed by atoms with Crippen LogP contribution in [0.2, 0.25) is 0 Å². The fraction of sp³-hybridized carbons (Fsp3) is 0.360. The fourth-order valence-corrected chi connectivity index (χ4v) is 2.77. The molecule has 2 aromatic carbocycles. The Labute approximate surface area is 213 Å². The van der Waals surface area contributed by atoms with Gasteiger partial charge in [0.15, 0.2) is 11.5 Å². The van der Waals surface area contributed by atoms with E-state index in [1.165, 1.54) is 25.1 Å². The second-order valence-corrected chi connectivity index (χ2v) is 7.39. The van der Waals surface area contributed by atoms with E-state index in [0.717, 1.165) is 0 Å². The molecule has 0 aliphatic rings. The standard InChI is InChI=1S/C25H29NO11/c1-4-31-23(28)36-20-12-11-17(14-21(20)37-24(29)32-5-2)13-19(26)22(27)33-15-16(3)34-25(30)35-18-9-7-6-8-10-18/h6-12,14,16,19H,4-5,13,15,26H2,1-3H3/t16-,19-/m0/s1. The smallest absolute Gasteiger partial charge is 0.461 e. The zero-order valence-corrected chi connectivity index (χ0v) is 20.7. The van der Waals surface area contributed by atoms with Crippen LogP contribution in [0, 0.1) is 0 Å². The highest BCUT2D eigenvalue weighted by atomic mass is 16.7. The number of nitrogens with two attached hydrogens (primary N) is 1. The van der Waals surface area contributed by atoms with Crippen LogP contribution in [0.3, 0.4) is 0 Å². The SMILES string of the molecule is CCOC(=O)Oc1ccc(C[C@H](N)C(=O)OC[C@H](C)OC(=O)Oc2ccccc2)cc1OC(=O)OCC. The molecule has 0 saturated heterocycles. The first-order valence-corrected chi connectivity index (χ1v) is 11.4. The van der Waals surface area contributed by atoms with Crippen LogP contribution >= 0.6 is 0 Å². The number of para-hydroxylation sites is 1. The van der Waals surface area contributed by atoms with Crippen molar-refractivity contribution in [1.82, 2.24) is 0 Å². The maximum Gasteiger partial charge on any atom is 0.514 e. The van der Waals surface area contributed by atoms with Crippen molar-refractivity contribution in [1.29, 1.82) is 0 Å². The molecule has 200 valence electrons. The number of hydrogen-bond donors (Lipinski definition) is 1. The van der Waals surface area contributed by atoms with E-state index in [9.17, 15) is 19.2 Å². The number of carbonyl (C=O) groups is 4. The first-order chi connectivity index (χ1) is 17.7. The van der Waals surface area contributed by atoms with Gasteiger partial charge < -0.3 is 38.9 Å². The van der Waals surface area contributed by atoms with Crippen molar-refractivity contribution in [2.24, 2.45) is 5.73 Å². The zero-order chi connectivity index (χ0) is 27.2. The summed E-state index contributed by atoms with van der Waals surface area (Å²) in [6.45, 7) is 4.61. The van der Waals surface area contributed by atoms with Crippen molar-refractivity contribution in [3.8, 4) is 17.2 Å². The van der Waals surface area contributed by atoms with Gasteiger partial charge in [-0.05, 0) is 57.0 Å². The second-order valence-electron chi connectivity index (χ2n) is 7.39. The third kappa shape index (κ3) is 10.4. The Morgan fingerprint density at radius 3 is 2.03 bits per heavy atom. The van der Waals surface area contributed by atoms with Crippen LogP contribution < -0.4 is 19.9 Å². The highest BCUT2D eigenvalue weighted by Gasteiger charge is 2.21. The van der Waals surface area contributed by atoms with Crippen LogP contribution in [-0.4, -0.2) is 56.4 Å². The second kappa shape index (κ2) is 14.9. The minimum atomic E-state index is -1.10. The fourth-order valence-electron chi connectivity index (χ4n) is 2.77. The van der Waals surface area contributed by atoms with Gasteiger partial charge in [0.1, 0.15) is 24.5 Å². The minimum Gasteiger partial charge on any atom is -0.461 e. The topological polar surface area (TPSA) is 159 Å². The van der Waals surface area contributed by atoms with Gasteiger partial charge in [-0.15, -0.1) is 0 Å². The lowest BCUT2D eigenvalue weighted by molar-refractivity contribution is -0.148. The quantitative estimate of drug-likeness (QED) is 0.260. The maximum absolute atomic E-state index is 12.4. The van der Waals surface area contributed by atoms with Gasteiger partial charge in [0.2, 0.25) is 0 Å². The molecule has 2 atom stereocenters. The van der Waals surface area contributed by atoms with E-state index in [0.29, 0.717) is 11.3 Å². The molecular formula is C25H29NO11. The normalized spacial score (nSPS) is 11.9. The molecule has 2 rings (SSSR count). The average molecular weight is 520 g/mol. The van der Waals surface area contributed by atoms with Gasteiger partial charge in [-0.3, -0.25) is 4.79 Å². The summed E-state index contributed by atoms with van der Waals surface area (Å²) < 4.78 is 34.8. The summed E-state index contributed by atoms with van der Waals surface area (Å²) in [5, 5.41) is 0. The number of carbonyl (C=O) groups excluding carboxylic acids is 4. The van der Waals surface area contributed by atoms with Crippen molar-refractivity contribution in [3.05, 3.63) is 54.1 Å². The summed E-state index contributed by atoms with van der Waals surface area (Å²) in [6, 6.07) is 11.5. The van der Waals surface area contributed by atoms with Crippen molar-refractivity contribution in [2.45, 2.75) is 39.3 Å². The van der Waals surface area contributed by atoms with E-state index >= 15 is 0 Å². The number of benzene rings is 2. The van der Waals surface area contributed by atoms with Crippen molar-refractivity contribution < 1.29 is 52.3 Å². The van der Waals surface area contributed by atoms with E-state index in [1.54, 1.807) is 44.2 Å². The molecule has 0 fully saturated rings. The number of rotatable bonds is 11. The lowest BCUT2D eigenvalue weighted by atomic mass is 10.1. The van der Waals surface area contributed by atoms with Crippen LogP contribution in [-0.2, 0) is 30.2 Å². The van der Waals surface area contributed by atoms with Gasteiger partial charge in [0, 0.05) is 0 Å². The lowest BCUT2D eigenvalue weighted by Gasteiger charge is -2.16. The van der Waals surface area contributed by atoms with E-state index in [4.69, 9.17) is 38.9 Å². The Bertz CT molecular complexity index is 1060. The van der Waals surface area contributed by atoms with Crippen molar-refractivity contribution in [3.63, 3.8) is 0 Å². The summed E-state index contributed by atoms with van der Waals surface area (Å²) >= 11 is 0. The summed E-state index contributed by atoms with van der Waals surface area (Å²) in [5.74, 6) is -0.682. The van der Waals surface area contributed by atoms with E-state index in [1.807, 2.05) is 0 Å². The molecule has 2 N–H and O–H groups in total. The van der Waals surface area contributed by atoms with Gasteiger partial charge in [-0.1, -0.05) is 24.3 Å². The van der Waals surface area contributed by atoms with Gasteiger partial charge in [-0.2, -0.15) is 0 Å². The molecule has 0 heterocycles. The Morgan fingerprint density at radius 2 is 1.41 bits per heavy atom. The Balaban J connectivity index is 1.93. The van der Waals surface area contributed by atoms with Crippen LogP contribution in [0.4, 0.5) is 14.4 Å². The average Bonchev–Trinajstić information content (AvgIpc) is 2.85. The number of hydrogen-bond acceptors (Lipinski definition) is 12. The summed E-state index contributed by atoms with van der Waals surface area (Å²) in [7, 11) is 0. The van der Waals surface area contributed by atoms with Crippen molar-refractivity contribution in [2.75, 3.05) is 19.8 Å². The number of ether oxygens (including phenoxy) is 7. The highest BCUT2D eigenvalue weighted by Crippen LogP contribution is 2.30. The first-order valence-electron chi connectivity index (χ1n) is 11.4. The molecule has 12 nitrogen and oxygen atoms in total. The Kier molecular flexibility index (Phi) is 11.7. The molecule has 0 aromatic heterocycles. The summed E-state index contributed by atoms with van der Waals surface area (Å²) in [4.78, 5) is 47.6. The molecule has 0 amide bonds. The molecule has 0 aliphatic heterocycles. The molecule has 37 heavy (non-hydrogen) atoms. The lowest BCUT2D eigenvalue weighted by Crippen LogP contribution is -2.36. The molecule has 0 radical (unpaired) electrons.